The van der Waals surface area contributed by atoms with Gasteiger partial charge in [0.15, 0.2) is 11.6 Å². The Kier molecular flexibility index (Phi) is 3.89. The van der Waals surface area contributed by atoms with Gasteiger partial charge in [0.1, 0.15) is 17.6 Å². The van der Waals surface area contributed by atoms with E-state index in [1.807, 2.05) is 0 Å². The average molecular weight is 366 g/mol. The van der Waals surface area contributed by atoms with Gasteiger partial charge >= 0.3 is 0 Å². The van der Waals surface area contributed by atoms with Gasteiger partial charge in [-0.05, 0) is 31.5 Å². The molecule has 2 aromatic carbocycles. The number of methoxy groups -OCH3 is 2. The first-order valence-corrected chi connectivity index (χ1v) is 8.58. The summed E-state index contributed by atoms with van der Waals surface area (Å²) in [5.74, 6) is -0.507. The summed E-state index contributed by atoms with van der Waals surface area (Å²) in [5, 5.41) is 0. The molecule has 4 rings (SSSR count). The van der Waals surface area contributed by atoms with Crippen molar-refractivity contribution in [3.63, 3.8) is 0 Å². The maximum Gasteiger partial charge on any atom is 0.202 e. The zero-order chi connectivity index (χ0) is 19.5. The number of ketones is 3. The molecule has 1 saturated heterocycles. The molecule has 1 fully saturated rings. The van der Waals surface area contributed by atoms with Crippen molar-refractivity contribution in [1.82, 2.24) is 0 Å². The first kappa shape index (κ1) is 17.4. The third-order valence-electron chi connectivity index (χ3n) is 5.09. The lowest BCUT2D eigenvalue weighted by atomic mass is 9.80. The number of epoxide rings is 1. The molecule has 0 bridgehead atoms. The van der Waals surface area contributed by atoms with E-state index in [-0.39, 0.29) is 51.2 Å². The van der Waals surface area contributed by atoms with E-state index in [0.717, 1.165) is 0 Å². The number of ether oxygens (including phenoxy) is 3. The van der Waals surface area contributed by atoms with Gasteiger partial charge in [-0.25, -0.2) is 0 Å². The minimum Gasteiger partial charge on any atom is -0.496 e. The van der Waals surface area contributed by atoms with Gasteiger partial charge in [-0.1, -0.05) is 12.1 Å². The summed E-state index contributed by atoms with van der Waals surface area (Å²) in [6, 6.07) is 6.48. The minimum atomic E-state index is -0.549. The lowest BCUT2D eigenvalue weighted by Gasteiger charge is -2.23. The molecule has 2 aromatic rings. The van der Waals surface area contributed by atoms with Crippen LogP contribution in [0.3, 0.4) is 0 Å². The lowest BCUT2D eigenvalue weighted by molar-refractivity contribution is 0.0946. The standard InChI is InChI=1S/C21H18O6/c1-9-8-12-16(21(26-4)14(9)19(24)20-10(2)27-20)18(23)15-11(17(12)22)6-5-7-13(15)25-3/h5-8,10,20H,1-4H3/t10-,20+/m0/s1. The number of aryl methyl sites for hydroxylation is 1. The molecule has 27 heavy (non-hydrogen) atoms. The Morgan fingerprint density at radius 2 is 1.74 bits per heavy atom. The summed E-state index contributed by atoms with van der Waals surface area (Å²) in [6.07, 6.45) is -0.720. The van der Waals surface area contributed by atoms with Crippen LogP contribution in [0.2, 0.25) is 0 Å². The van der Waals surface area contributed by atoms with Crippen molar-refractivity contribution in [1.29, 1.82) is 0 Å². The highest BCUT2D eigenvalue weighted by Crippen LogP contribution is 2.41. The monoisotopic (exact) mass is 366 g/mol. The predicted molar refractivity (Wildman–Crippen MR) is 96.3 cm³/mol. The molecular weight excluding hydrogens is 348 g/mol. The van der Waals surface area contributed by atoms with Crippen LogP contribution in [0.5, 0.6) is 11.5 Å². The Bertz CT molecular complexity index is 1020. The normalized spacial score (nSPS) is 20.0. The number of hydrogen-bond acceptors (Lipinski definition) is 6. The molecule has 0 aromatic heterocycles. The zero-order valence-corrected chi connectivity index (χ0v) is 15.4. The number of fused-ring (bicyclic) bond motifs is 2. The number of benzene rings is 2. The number of Topliss-reactive ketones (excluding diaryl/α,β-unsaturated/α-hetero) is 1. The van der Waals surface area contributed by atoms with Crippen molar-refractivity contribution in [3.05, 3.63) is 57.6 Å². The fourth-order valence-electron chi connectivity index (χ4n) is 3.70. The van der Waals surface area contributed by atoms with Crippen molar-refractivity contribution < 1.29 is 28.6 Å². The topological polar surface area (TPSA) is 82.2 Å². The van der Waals surface area contributed by atoms with Crippen LogP contribution in [0.25, 0.3) is 0 Å². The van der Waals surface area contributed by atoms with Gasteiger partial charge in [-0.2, -0.15) is 0 Å². The first-order chi connectivity index (χ1) is 12.9. The summed E-state index contributed by atoms with van der Waals surface area (Å²) >= 11 is 0. The number of carbonyl (C=O) groups excluding carboxylic acids is 3. The molecule has 0 unspecified atom stereocenters. The molecule has 138 valence electrons. The molecule has 6 nitrogen and oxygen atoms in total. The lowest BCUT2D eigenvalue weighted by Crippen LogP contribution is -2.25. The van der Waals surface area contributed by atoms with Crippen LogP contribution in [-0.2, 0) is 4.74 Å². The van der Waals surface area contributed by atoms with Crippen molar-refractivity contribution in [2.75, 3.05) is 14.2 Å². The van der Waals surface area contributed by atoms with Gasteiger partial charge in [0.25, 0.3) is 0 Å². The molecule has 1 aliphatic carbocycles. The molecule has 1 aliphatic heterocycles. The van der Waals surface area contributed by atoms with E-state index in [1.165, 1.54) is 14.2 Å². The smallest absolute Gasteiger partial charge is 0.202 e. The maximum atomic E-state index is 13.3. The van der Waals surface area contributed by atoms with E-state index in [1.54, 1.807) is 38.1 Å². The van der Waals surface area contributed by atoms with Crippen LogP contribution >= 0.6 is 0 Å². The molecule has 0 spiro atoms. The summed E-state index contributed by atoms with van der Waals surface area (Å²) < 4.78 is 16.1. The fourth-order valence-corrected chi connectivity index (χ4v) is 3.70. The van der Waals surface area contributed by atoms with Gasteiger partial charge in [-0.15, -0.1) is 0 Å². The Balaban J connectivity index is 1.99. The van der Waals surface area contributed by atoms with Gasteiger partial charge in [0.05, 0.1) is 37.0 Å². The third-order valence-corrected chi connectivity index (χ3v) is 5.09. The van der Waals surface area contributed by atoms with Gasteiger partial charge < -0.3 is 14.2 Å². The van der Waals surface area contributed by atoms with Crippen molar-refractivity contribution in [2.45, 2.75) is 26.1 Å². The first-order valence-electron chi connectivity index (χ1n) is 8.58. The Morgan fingerprint density at radius 3 is 2.33 bits per heavy atom. The number of rotatable bonds is 4. The van der Waals surface area contributed by atoms with Crippen molar-refractivity contribution >= 4 is 17.3 Å². The molecule has 0 N–H and O–H groups in total. The second kappa shape index (κ2) is 6.03. The van der Waals surface area contributed by atoms with E-state index in [0.29, 0.717) is 11.3 Å². The molecule has 0 radical (unpaired) electrons. The molecular formula is C21H18O6. The zero-order valence-electron chi connectivity index (χ0n) is 15.4. The largest absolute Gasteiger partial charge is 0.496 e. The average Bonchev–Trinajstić information content (AvgIpc) is 3.40. The second-order valence-electron chi connectivity index (χ2n) is 6.69. The number of carbonyl (C=O) groups is 3. The van der Waals surface area contributed by atoms with Crippen LogP contribution in [0.4, 0.5) is 0 Å². The van der Waals surface area contributed by atoms with E-state index in [2.05, 4.69) is 0 Å². The van der Waals surface area contributed by atoms with E-state index in [9.17, 15) is 14.4 Å². The van der Waals surface area contributed by atoms with E-state index >= 15 is 0 Å². The quantitative estimate of drug-likeness (QED) is 0.522. The van der Waals surface area contributed by atoms with Crippen LogP contribution in [0.15, 0.2) is 24.3 Å². The molecule has 0 amide bonds. The number of hydrogen-bond donors (Lipinski definition) is 0. The molecule has 1 heterocycles. The van der Waals surface area contributed by atoms with E-state index < -0.39 is 11.9 Å². The van der Waals surface area contributed by atoms with Gasteiger partial charge in [0, 0.05) is 11.1 Å². The van der Waals surface area contributed by atoms with Gasteiger partial charge in [-0.3, -0.25) is 14.4 Å². The summed E-state index contributed by atoms with van der Waals surface area (Å²) in [5.41, 5.74) is 1.66. The fraction of sp³-hybridized carbons (Fsp3) is 0.286. The highest BCUT2D eigenvalue weighted by molar-refractivity contribution is 6.31. The second-order valence-corrected chi connectivity index (χ2v) is 6.69. The third kappa shape index (κ3) is 2.40. The van der Waals surface area contributed by atoms with Crippen LogP contribution in [0.1, 0.15) is 54.7 Å². The highest BCUT2D eigenvalue weighted by atomic mass is 16.6. The summed E-state index contributed by atoms with van der Waals surface area (Å²) in [6.45, 7) is 3.53. The summed E-state index contributed by atoms with van der Waals surface area (Å²) in [4.78, 5) is 39.2. The summed E-state index contributed by atoms with van der Waals surface area (Å²) in [7, 11) is 2.83. The molecule has 2 atom stereocenters. The Hall–Kier alpha value is -2.99. The minimum absolute atomic E-state index is 0.0988. The van der Waals surface area contributed by atoms with Crippen molar-refractivity contribution in [2.24, 2.45) is 0 Å². The van der Waals surface area contributed by atoms with E-state index in [4.69, 9.17) is 14.2 Å². The van der Waals surface area contributed by atoms with Crippen LogP contribution < -0.4 is 9.47 Å². The molecule has 6 heteroatoms. The van der Waals surface area contributed by atoms with Crippen LogP contribution in [-0.4, -0.2) is 43.8 Å². The SMILES string of the molecule is COc1cccc2c1C(=O)c1c(cc(C)c(C(=O)[C@@H]3O[C@H]3C)c1OC)C2=O. The molecule has 0 saturated carbocycles. The highest BCUT2D eigenvalue weighted by Gasteiger charge is 2.45. The Morgan fingerprint density at radius 1 is 1.04 bits per heavy atom. The van der Waals surface area contributed by atoms with Gasteiger partial charge in [0.2, 0.25) is 5.78 Å². The maximum absolute atomic E-state index is 13.3. The Labute approximate surface area is 156 Å². The molecule has 2 aliphatic rings. The predicted octanol–water partition coefficient (Wildman–Crippen LogP) is 2.76. The van der Waals surface area contributed by atoms with Crippen molar-refractivity contribution in [3.8, 4) is 11.5 Å². The van der Waals surface area contributed by atoms with Crippen LogP contribution in [0, 0.1) is 6.92 Å².